The van der Waals surface area contributed by atoms with Crippen molar-refractivity contribution in [3.63, 3.8) is 0 Å². The number of rotatable bonds is 3. The first-order chi connectivity index (χ1) is 13.8. The van der Waals surface area contributed by atoms with E-state index in [1.165, 1.54) is 12.1 Å². The lowest BCUT2D eigenvalue weighted by molar-refractivity contribution is -0.0548. The van der Waals surface area contributed by atoms with Crippen molar-refractivity contribution in [2.45, 2.75) is 43.7 Å². The quantitative estimate of drug-likeness (QED) is 0.658. The molecular weight excluding hydrogens is 429 g/mol. The zero-order valence-electron chi connectivity index (χ0n) is 16.3. The van der Waals surface area contributed by atoms with Crippen LogP contribution in [0.1, 0.15) is 43.9 Å². The van der Waals surface area contributed by atoms with Crippen LogP contribution in [-0.2, 0) is 15.6 Å². The van der Waals surface area contributed by atoms with Crippen molar-refractivity contribution in [1.29, 1.82) is 0 Å². The van der Waals surface area contributed by atoms with E-state index < -0.39 is 43.7 Å². The third kappa shape index (κ3) is 2.44. The van der Waals surface area contributed by atoms with Gasteiger partial charge in [0.05, 0.1) is 22.5 Å². The molecule has 2 bridgehead atoms. The Morgan fingerprint density at radius 2 is 1.73 bits per heavy atom. The molecule has 1 aromatic carbocycles. The van der Waals surface area contributed by atoms with Crippen LogP contribution in [0.4, 0.5) is 22.0 Å². The summed E-state index contributed by atoms with van der Waals surface area (Å²) in [6.45, 7) is 3.36. The summed E-state index contributed by atoms with van der Waals surface area (Å²) < 4.78 is 93.2. The van der Waals surface area contributed by atoms with E-state index >= 15 is 0 Å². The number of benzene rings is 1. The molecule has 0 saturated heterocycles. The molecular formula is C19H18F5N3O2S. The van der Waals surface area contributed by atoms with Crippen molar-refractivity contribution in [2.24, 2.45) is 5.41 Å². The summed E-state index contributed by atoms with van der Waals surface area (Å²) in [6, 6.07) is 4.74. The molecule has 5 nitrogen and oxygen atoms in total. The van der Waals surface area contributed by atoms with E-state index in [1.807, 2.05) is 0 Å². The minimum Gasteiger partial charge on any atom is -0.206 e. The van der Waals surface area contributed by atoms with Gasteiger partial charge in [0.25, 0.3) is 0 Å². The second-order valence-corrected chi connectivity index (χ2v) is 10.2. The van der Waals surface area contributed by atoms with E-state index in [4.69, 9.17) is 0 Å². The van der Waals surface area contributed by atoms with Gasteiger partial charge in [0.2, 0.25) is 0 Å². The van der Waals surface area contributed by atoms with Gasteiger partial charge in [-0.15, -0.1) is 5.10 Å². The Hall–Kier alpha value is -2.14. The molecule has 2 atom stereocenters. The molecule has 2 aliphatic rings. The molecule has 1 heterocycles. The highest BCUT2D eigenvalue weighted by atomic mass is 32.2. The molecule has 0 N–H and O–H groups in total. The summed E-state index contributed by atoms with van der Waals surface area (Å²) in [4.78, 5) is 0. The van der Waals surface area contributed by atoms with E-state index in [0.717, 1.165) is 19.2 Å². The van der Waals surface area contributed by atoms with Crippen LogP contribution in [0.3, 0.4) is 0 Å². The topological polar surface area (TPSA) is 63.2 Å². The van der Waals surface area contributed by atoms with Gasteiger partial charge < -0.3 is 0 Å². The first-order valence-electron chi connectivity index (χ1n) is 9.14. The molecule has 11 heteroatoms. The predicted octanol–water partition coefficient (Wildman–Crippen LogP) is 4.32. The van der Waals surface area contributed by atoms with Crippen LogP contribution in [0.2, 0.25) is 0 Å². The highest BCUT2D eigenvalue weighted by Crippen LogP contribution is 2.69. The number of aromatic nitrogens is 2. The van der Waals surface area contributed by atoms with Crippen LogP contribution in [0.25, 0.3) is 11.3 Å². The SMILES string of the molecule is CN([C@@]12CC[C@@H](c3cc(-c4c(F)cccc4F)nnc31)C2(C)C)S(=O)(=O)C(F)(F)F. The fourth-order valence-corrected chi connectivity index (χ4v) is 6.36. The Balaban J connectivity index is 1.92. The fourth-order valence-electron chi connectivity index (χ4n) is 5.22. The van der Waals surface area contributed by atoms with Crippen molar-refractivity contribution < 1.29 is 30.4 Å². The van der Waals surface area contributed by atoms with E-state index in [0.29, 0.717) is 16.3 Å². The van der Waals surface area contributed by atoms with Gasteiger partial charge in [-0.05, 0) is 47.9 Å². The van der Waals surface area contributed by atoms with Gasteiger partial charge in [-0.2, -0.15) is 22.6 Å². The van der Waals surface area contributed by atoms with Gasteiger partial charge in [0.1, 0.15) is 11.6 Å². The predicted molar refractivity (Wildman–Crippen MR) is 97.6 cm³/mol. The third-order valence-electron chi connectivity index (χ3n) is 6.73. The maximum Gasteiger partial charge on any atom is 0.511 e. The number of hydrogen-bond donors (Lipinski definition) is 0. The second kappa shape index (κ2) is 6.19. The summed E-state index contributed by atoms with van der Waals surface area (Å²) >= 11 is 0. The Kier molecular flexibility index (Phi) is 4.36. The van der Waals surface area contributed by atoms with Gasteiger partial charge in [0, 0.05) is 7.05 Å². The minimum absolute atomic E-state index is 0.0934. The number of nitrogens with zero attached hydrogens (tertiary/aromatic N) is 3. The molecule has 1 fully saturated rings. The lowest BCUT2D eigenvalue weighted by Crippen LogP contribution is -2.55. The average molecular weight is 447 g/mol. The van der Waals surface area contributed by atoms with Crippen LogP contribution in [0, 0.1) is 17.0 Å². The molecule has 0 amide bonds. The summed E-state index contributed by atoms with van der Waals surface area (Å²) in [6.07, 6.45) is 0.536. The molecule has 0 spiro atoms. The van der Waals surface area contributed by atoms with E-state index in [2.05, 4.69) is 10.2 Å². The summed E-state index contributed by atoms with van der Waals surface area (Å²) in [5.74, 6) is -2.04. The first kappa shape index (κ1) is 21.1. The highest BCUT2D eigenvalue weighted by Gasteiger charge is 2.69. The average Bonchev–Trinajstić information content (AvgIpc) is 3.01. The minimum atomic E-state index is -5.65. The first-order valence-corrected chi connectivity index (χ1v) is 10.6. The number of sulfonamides is 1. The van der Waals surface area contributed by atoms with Gasteiger partial charge in [-0.1, -0.05) is 19.9 Å². The zero-order valence-corrected chi connectivity index (χ0v) is 17.1. The van der Waals surface area contributed by atoms with Gasteiger partial charge in [-0.3, -0.25) is 0 Å². The lowest BCUT2D eigenvalue weighted by Gasteiger charge is -2.44. The largest absolute Gasteiger partial charge is 0.511 e. The molecule has 2 aromatic rings. The fraction of sp³-hybridized carbons (Fsp3) is 0.474. The third-order valence-corrected chi connectivity index (χ3v) is 8.35. The Morgan fingerprint density at radius 3 is 2.30 bits per heavy atom. The number of fused-ring (bicyclic) bond motifs is 5. The van der Waals surface area contributed by atoms with Crippen molar-refractivity contribution >= 4 is 10.0 Å². The molecule has 4 rings (SSSR count). The van der Waals surface area contributed by atoms with Gasteiger partial charge in [0.15, 0.2) is 0 Å². The normalized spacial score (nSPS) is 25.0. The Bertz CT molecular complexity index is 1130. The smallest absolute Gasteiger partial charge is 0.206 e. The van der Waals surface area contributed by atoms with E-state index in [-0.39, 0.29) is 23.7 Å². The van der Waals surface area contributed by atoms with Crippen molar-refractivity contribution in [3.8, 4) is 11.3 Å². The van der Waals surface area contributed by atoms with E-state index in [1.54, 1.807) is 13.8 Å². The molecule has 0 aliphatic heterocycles. The van der Waals surface area contributed by atoms with Crippen LogP contribution in [0.5, 0.6) is 0 Å². The maximum atomic E-state index is 14.2. The standard InChI is InChI=1S/C19H18F5N3O2S/c1-17(2)11-7-8-18(17,27(3)30(28,29)19(22,23)24)16-10(11)9-14(25-26-16)15-12(20)5-4-6-13(15)21/h4-6,9,11H,7-8H2,1-3H3/t11-,18-/m0/s1. The van der Waals surface area contributed by atoms with Gasteiger partial charge >= 0.3 is 15.5 Å². The van der Waals surface area contributed by atoms with Crippen LogP contribution in [0.15, 0.2) is 24.3 Å². The Morgan fingerprint density at radius 1 is 1.13 bits per heavy atom. The highest BCUT2D eigenvalue weighted by molar-refractivity contribution is 7.90. The Labute approximate surface area is 170 Å². The maximum absolute atomic E-state index is 14.2. The number of halogens is 5. The molecule has 0 unspecified atom stereocenters. The second-order valence-electron chi connectivity index (χ2n) is 8.22. The summed E-state index contributed by atoms with van der Waals surface area (Å²) in [7, 11) is -4.75. The summed E-state index contributed by atoms with van der Waals surface area (Å²) in [5.41, 5.74) is -7.91. The molecule has 1 saturated carbocycles. The van der Waals surface area contributed by atoms with Crippen molar-refractivity contribution in [3.05, 3.63) is 47.2 Å². The van der Waals surface area contributed by atoms with Crippen molar-refractivity contribution in [2.75, 3.05) is 7.05 Å². The summed E-state index contributed by atoms with van der Waals surface area (Å²) in [5, 5.41) is 7.89. The molecule has 0 radical (unpaired) electrons. The monoisotopic (exact) mass is 447 g/mol. The van der Waals surface area contributed by atoms with E-state index in [9.17, 15) is 30.4 Å². The van der Waals surface area contributed by atoms with Crippen LogP contribution < -0.4 is 0 Å². The lowest BCUT2D eigenvalue weighted by atomic mass is 9.75. The molecule has 1 aromatic heterocycles. The number of hydrogen-bond acceptors (Lipinski definition) is 4. The zero-order chi connectivity index (χ0) is 22.3. The van der Waals surface area contributed by atoms with Crippen LogP contribution >= 0.6 is 0 Å². The molecule has 30 heavy (non-hydrogen) atoms. The van der Waals surface area contributed by atoms with Crippen molar-refractivity contribution in [1.82, 2.24) is 14.5 Å². The van der Waals surface area contributed by atoms with Crippen LogP contribution in [-0.4, -0.2) is 35.5 Å². The van der Waals surface area contributed by atoms with Gasteiger partial charge in [-0.25, -0.2) is 17.2 Å². The molecule has 2 aliphatic carbocycles. The molecule has 162 valence electrons. The number of alkyl halides is 3.